The van der Waals surface area contributed by atoms with Crippen LogP contribution < -0.4 is 16.4 Å². The molecule has 0 bridgehead atoms. The van der Waals surface area contributed by atoms with Crippen molar-refractivity contribution in [2.24, 2.45) is 0 Å². The summed E-state index contributed by atoms with van der Waals surface area (Å²) in [6.45, 7) is 6.90. The third-order valence-electron chi connectivity index (χ3n) is 9.83. The number of amides is 4. The Morgan fingerprint density at radius 1 is 0.894 bits per heavy atom. The number of rotatable bonds is 6. The Kier molecular flexibility index (Phi) is 12.1. The molecule has 0 aromatic heterocycles. The number of urea groups is 1. The summed E-state index contributed by atoms with van der Waals surface area (Å²) in [5.41, 5.74) is 9.51. The quantitative estimate of drug-likeness (QED) is 0.356. The summed E-state index contributed by atoms with van der Waals surface area (Å²) in [5, 5.41) is 6.46. The fourth-order valence-electron chi connectivity index (χ4n) is 7.14. The van der Waals surface area contributed by atoms with E-state index in [0.717, 1.165) is 62.3 Å². The molecule has 4 N–H and O–H groups in total. The molecule has 4 heterocycles. The lowest BCUT2D eigenvalue weighted by Gasteiger charge is -2.41. The van der Waals surface area contributed by atoms with Gasteiger partial charge in [-0.25, -0.2) is 9.59 Å². The first kappa shape index (κ1) is 35.4. The van der Waals surface area contributed by atoms with Gasteiger partial charge in [0.1, 0.15) is 0 Å². The molecule has 0 aliphatic carbocycles. The average molecular weight is 778 g/mol. The van der Waals surface area contributed by atoms with Crippen LogP contribution in [0.15, 0.2) is 45.3 Å². The van der Waals surface area contributed by atoms with Gasteiger partial charge in [0.25, 0.3) is 5.91 Å². The summed E-state index contributed by atoms with van der Waals surface area (Å²) < 4.78 is 7.48. The Morgan fingerprint density at radius 2 is 1.51 bits per heavy atom. The van der Waals surface area contributed by atoms with E-state index in [9.17, 15) is 14.4 Å². The minimum absolute atomic E-state index is 0. The third-order valence-corrected chi connectivity index (χ3v) is 11.1. The predicted octanol–water partition coefficient (Wildman–Crippen LogP) is 4.93. The number of carbonyl (C=O) groups is 3. The first-order valence-corrected chi connectivity index (χ1v) is 17.9. The Morgan fingerprint density at radius 3 is 2.19 bits per heavy atom. The number of nitrogens with zero attached hydrogens (tertiary/aromatic N) is 4. The number of piperidine rings is 2. The highest BCUT2D eigenvalue weighted by Gasteiger charge is 2.36. The predicted molar refractivity (Wildman–Crippen MR) is 191 cm³/mol. The summed E-state index contributed by atoms with van der Waals surface area (Å²) in [6.07, 6.45) is 2.69. The summed E-state index contributed by atoms with van der Waals surface area (Å²) in [7, 11) is 0. The van der Waals surface area contributed by atoms with E-state index < -0.39 is 12.2 Å². The van der Waals surface area contributed by atoms with E-state index in [1.165, 1.54) is 0 Å². The Labute approximate surface area is 294 Å². The lowest BCUT2D eigenvalue weighted by atomic mass is 10.0. The molecule has 256 valence electrons. The molecule has 47 heavy (non-hydrogen) atoms. The van der Waals surface area contributed by atoms with Crippen molar-refractivity contribution in [2.45, 2.75) is 64.1 Å². The zero-order chi connectivity index (χ0) is 32.2. The van der Waals surface area contributed by atoms with Crippen LogP contribution in [-0.4, -0.2) is 115 Å². The molecule has 0 saturated carbocycles. The molecule has 0 radical (unpaired) electrons. The minimum atomic E-state index is -0.960. The van der Waals surface area contributed by atoms with Gasteiger partial charge in [-0.3, -0.25) is 9.69 Å². The van der Waals surface area contributed by atoms with Gasteiger partial charge in [0, 0.05) is 92.0 Å². The number of carbonyl (C=O) groups excluding carboxylic acids is 3. The molecule has 4 amide bonds. The molecule has 0 spiro atoms. The second-order valence-corrected chi connectivity index (χ2v) is 14.3. The van der Waals surface area contributed by atoms with Crippen LogP contribution in [0.25, 0.3) is 0 Å². The number of fused-ring (bicyclic) bond motifs is 1. The second kappa shape index (κ2) is 16.0. The summed E-state index contributed by atoms with van der Waals surface area (Å²) in [4.78, 5) is 48.6. The van der Waals surface area contributed by atoms with Crippen LogP contribution in [0.2, 0.25) is 0 Å². The number of nitrogens with one attached hydrogen (secondary N) is 2. The van der Waals surface area contributed by atoms with Crippen LogP contribution in [0.4, 0.5) is 21.0 Å². The summed E-state index contributed by atoms with van der Waals surface area (Å²) >= 11 is 7.01. The normalized spacial score (nSPS) is 20.5. The van der Waals surface area contributed by atoms with Crippen molar-refractivity contribution in [2.75, 3.05) is 70.0 Å². The maximum Gasteiger partial charge on any atom is 0.410 e. The van der Waals surface area contributed by atoms with Crippen LogP contribution in [0.3, 0.4) is 0 Å². The van der Waals surface area contributed by atoms with Crippen molar-refractivity contribution in [1.29, 1.82) is 0 Å². The van der Waals surface area contributed by atoms with E-state index >= 15 is 0 Å². The fourth-order valence-corrected chi connectivity index (χ4v) is 8.43. The maximum absolute atomic E-state index is 14.0. The molecule has 2 aromatic rings. The van der Waals surface area contributed by atoms with Gasteiger partial charge in [-0.2, -0.15) is 0 Å². The zero-order valence-electron chi connectivity index (χ0n) is 26.1. The van der Waals surface area contributed by atoms with Gasteiger partial charge in [0.05, 0.1) is 5.69 Å². The first-order chi connectivity index (χ1) is 22.3. The van der Waals surface area contributed by atoms with Crippen molar-refractivity contribution in [1.82, 2.24) is 24.9 Å². The molecule has 3 fully saturated rings. The molecule has 2 aromatic carbocycles. The van der Waals surface area contributed by atoms with E-state index in [0.29, 0.717) is 66.2 Å². The summed E-state index contributed by atoms with van der Waals surface area (Å²) in [6, 6.07) is 12.0. The number of nitrogen functional groups attached to an aromatic ring is 1. The van der Waals surface area contributed by atoms with Crippen molar-refractivity contribution >= 4 is 61.3 Å². The lowest BCUT2D eigenvalue weighted by Crippen LogP contribution is -2.54. The van der Waals surface area contributed by atoms with Crippen LogP contribution in [0.5, 0.6) is 0 Å². The lowest BCUT2D eigenvalue weighted by molar-refractivity contribution is -0.142. The molecule has 4 aliphatic heterocycles. The SMILES string of the molecule is C.Nc1c(Br)cc(C[C@@H](OC(=O)N2CCC(N3CCc4ccccc4NC3=O)CC2)C(=O)N2CCC(N3CCNCC3)CC2)cc1Br. The van der Waals surface area contributed by atoms with Crippen molar-refractivity contribution in [3.63, 3.8) is 0 Å². The standard InChI is InChI=1S/C33H43Br2N7O4.CH4/c34-26-19-22(20-27(35)30(26)36)21-29(31(43)40-12-6-24(7-13-40)39-17-10-37-11-18-39)46-33(45)41-14-8-25(9-15-41)42-16-5-23-3-1-2-4-28(23)38-32(42)44;/h1-4,19-20,24-25,29,37H,5-18,21,36H2,(H,38,44);1H4/t29-;/m1./s1. The minimum Gasteiger partial charge on any atom is -0.436 e. The molecular formula is C34H47Br2N7O4. The molecular weight excluding hydrogens is 730 g/mol. The highest BCUT2D eigenvalue weighted by Crippen LogP contribution is 2.31. The van der Waals surface area contributed by atoms with E-state index in [4.69, 9.17) is 10.5 Å². The van der Waals surface area contributed by atoms with Crippen molar-refractivity contribution < 1.29 is 19.1 Å². The van der Waals surface area contributed by atoms with Gasteiger partial charge in [-0.1, -0.05) is 25.6 Å². The number of nitrogens with two attached hydrogens (primary N) is 1. The van der Waals surface area contributed by atoms with Gasteiger partial charge < -0.3 is 35.8 Å². The highest BCUT2D eigenvalue weighted by atomic mass is 79.9. The van der Waals surface area contributed by atoms with Crippen molar-refractivity contribution in [3.05, 3.63) is 56.5 Å². The molecule has 3 saturated heterocycles. The average Bonchev–Trinajstić information content (AvgIpc) is 3.25. The Balaban J connectivity index is 0.00000433. The summed E-state index contributed by atoms with van der Waals surface area (Å²) in [5.74, 6) is -0.160. The maximum atomic E-state index is 14.0. The molecule has 11 nitrogen and oxygen atoms in total. The molecule has 1 atom stereocenters. The van der Waals surface area contributed by atoms with E-state index in [1.807, 2.05) is 46.2 Å². The van der Waals surface area contributed by atoms with Gasteiger partial charge >= 0.3 is 12.1 Å². The largest absolute Gasteiger partial charge is 0.436 e. The van der Waals surface area contributed by atoms with Gasteiger partial charge in [-0.05, 0) is 93.3 Å². The molecule has 4 aliphatic rings. The van der Waals surface area contributed by atoms with E-state index in [2.05, 4.69) is 47.4 Å². The zero-order valence-corrected chi connectivity index (χ0v) is 29.2. The number of benzene rings is 2. The number of hydrogen-bond acceptors (Lipinski definition) is 7. The van der Waals surface area contributed by atoms with Gasteiger partial charge in [-0.15, -0.1) is 0 Å². The van der Waals surface area contributed by atoms with Crippen molar-refractivity contribution in [3.8, 4) is 0 Å². The van der Waals surface area contributed by atoms with Crippen LogP contribution in [-0.2, 0) is 22.4 Å². The number of piperazine rings is 1. The van der Waals surface area contributed by atoms with Crippen LogP contribution in [0.1, 0.15) is 44.2 Å². The molecule has 6 rings (SSSR count). The number of anilines is 2. The van der Waals surface area contributed by atoms with Crippen LogP contribution in [0, 0.1) is 0 Å². The third kappa shape index (κ3) is 8.41. The van der Waals surface area contributed by atoms with Gasteiger partial charge in [0.2, 0.25) is 0 Å². The first-order valence-electron chi connectivity index (χ1n) is 16.3. The number of ether oxygens (including phenoxy) is 1. The van der Waals surface area contributed by atoms with Gasteiger partial charge in [0.15, 0.2) is 6.10 Å². The number of likely N-dealkylation sites (tertiary alicyclic amines) is 2. The molecule has 13 heteroatoms. The number of halogens is 2. The van der Waals surface area contributed by atoms with Crippen LogP contribution >= 0.6 is 31.9 Å². The molecule has 0 unspecified atom stereocenters. The topological polar surface area (TPSA) is 123 Å². The Bertz CT molecular complexity index is 1400. The van der Waals surface area contributed by atoms with E-state index in [1.54, 1.807) is 4.90 Å². The monoisotopic (exact) mass is 775 g/mol. The van der Waals surface area contributed by atoms with E-state index in [-0.39, 0.29) is 31.8 Å². The fraction of sp³-hybridized carbons (Fsp3) is 0.559. The highest BCUT2D eigenvalue weighted by molar-refractivity contribution is 9.11. The number of para-hydroxylation sites is 1. The smallest absolute Gasteiger partial charge is 0.410 e. The number of hydrogen-bond donors (Lipinski definition) is 3. The second-order valence-electron chi connectivity index (χ2n) is 12.6. The Hall–Kier alpha value is -2.87.